The molecule has 8 heteroatoms. The topological polar surface area (TPSA) is 69.7 Å². The molecule has 6 nitrogen and oxygen atoms in total. The van der Waals surface area contributed by atoms with Crippen LogP contribution in [0.4, 0.5) is 0 Å². The molecule has 1 N–H and O–H groups in total. The van der Waals surface area contributed by atoms with Gasteiger partial charge in [-0.1, -0.05) is 54.4 Å². The van der Waals surface area contributed by atoms with Crippen LogP contribution in [0, 0.1) is 5.92 Å². The molecule has 34 heavy (non-hydrogen) atoms. The molecule has 2 aromatic carbocycles. The van der Waals surface area contributed by atoms with E-state index in [9.17, 15) is 13.2 Å². The zero-order chi connectivity index (χ0) is 24.0. The van der Waals surface area contributed by atoms with Crippen molar-refractivity contribution in [2.45, 2.75) is 50.9 Å². The minimum absolute atomic E-state index is 0.00661. The summed E-state index contributed by atoms with van der Waals surface area (Å²) in [5.74, 6) is -0.193. The maximum Gasteiger partial charge on any atom is 0.223 e. The molecule has 2 heterocycles. The van der Waals surface area contributed by atoms with Gasteiger partial charge in [-0.2, -0.15) is 0 Å². The first-order chi connectivity index (χ1) is 16.4. The Balaban J connectivity index is 1.21. The summed E-state index contributed by atoms with van der Waals surface area (Å²) >= 11 is 5.89. The minimum atomic E-state index is -3.41. The van der Waals surface area contributed by atoms with Crippen molar-refractivity contribution in [1.29, 1.82) is 0 Å². The number of hydrogen-bond acceptors (Lipinski definition) is 4. The molecule has 4 rings (SSSR count). The van der Waals surface area contributed by atoms with Crippen molar-refractivity contribution < 1.29 is 13.2 Å². The number of amides is 1. The highest BCUT2D eigenvalue weighted by Gasteiger charge is 2.31. The van der Waals surface area contributed by atoms with E-state index in [2.05, 4.69) is 34.5 Å². The highest BCUT2D eigenvalue weighted by molar-refractivity contribution is 7.88. The molecule has 0 spiro atoms. The van der Waals surface area contributed by atoms with E-state index in [1.54, 1.807) is 24.3 Å². The van der Waals surface area contributed by atoms with E-state index in [1.807, 2.05) is 0 Å². The third-order valence-corrected chi connectivity index (χ3v) is 8.93. The molecule has 0 aliphatic carbocycles. The van der Waals surface area contributed by atoms with Crippen molar-refractivity contribution in [3.63, 3.8) is 0 Å². The van der Waals surface area contributed by atoms with Gasteiger partial charge in [0.25, 0.3) is 0 Å². The van der Waals surface area contributed by atoms with E-state index < -0.39 is 10.0 Å². The SMILES string of the molecule is O=C(NCc1ccc(CN2CCCCC2)cc1)C1CCN(S(=O)(=O)Cc2ccc(Cl)cc2)CC1. The summed E-state index contributed by atoms with van der Waals surface area (Å²) in [6.45, 7) is 4.60. The lowest BCUT2D eigenvalue weighted by atomic mass is 9.97. The number of piperidine rings is 2. The van der Waals surface area contributed by atoms with E-state index in [0.29, 0.717) is 43.1 Å². The van der Waals surface area contributed by atoms with Crippen LogP contribution >= 0.6 is 11.6 Å². The van der Waals surface area contributed by atoms with Crippen LogP contribution in [0.3, 0.4) is 0 Å². The van der Waals surface area contributed by atoms with Gasteiger partial charge in [0.15, 0.2) is 0 Å². The summed E-state index contributed by atoms with van der Waals surface area (Å²) in [5.41, 5.74) is 3.11. The maximum absolute atomic E-state index is 12.8. The lowest BCUT2D eigenvalue weighted by Crippen LogP contribution is -2.43. The molecule has 0 atom stereocenters. The number of rotatable bonds is 8. The third-order valence-electron chi connectivity index (χ3n) is 6.83. The molecule has 2 saturated heterocycles. The summed E-state index contributed by atoms with van der Waals surface area (Å²) in [6, 6.07) is 15.4. The Morgan fingerprint density at radius 3 is 2.09 bits per heavy atom. The fourth-order valence-corrected chi connectivity index (χ4v) is 6.44. The number of nitrogens with one attached hydrogen (secondary N) is 1. The fourth-order valence-electron chi connectivity index (χ4n) is 4.75. The van der Waals surface area contributed by atoms with Gasteiger partial charge in [-0.05, 0) is 67.6 Å². The minimum Gasteiger partial charge on any atom is -0.352 e. The van der Waals surface area contributed by atoms with Crippen LogP contribution in [0.1, 0.15) is 48.8 Å². The summed E-state index contributed by atoms with van der Waals surface area (Å²) in [7, 11) is -3.41. The average Bonchev–Trinajstić information content (AvgIpc) is 2.85. The average molecular weight is 504 g/mol. The number of sulfonamides is 1. The van der Waals surface area contributed by atoms with Crippen LogP contribution < -0.4 is 5.32 Å². The largest absolute Gasteiger partial charge is 0.352 e. The lowest BCUT2D eigenvalue weighted by Gasteiger charge is -2.30. The second kappa shape index (κ2) is 11.7. The predicted molar refractivity (Wildman–Crippen MR) is 136 cm³/mol. The molecular formula is C26H34ClN3O3S. The fraction of sp³-hybridized carbons (Fsp3) is 0.500. The Morgan fingerprint density at radius 1 is 0.853 bits per heavy atom. The summed E-state index contributed by atoms with van der Waals surface area (Å²) in [5, 5.41) is 3.62. The smallest absolute Gasteiger partial charge is 0.223 e. The number of nitrogens with zero attached hydrogens (tertiary/aromatic N) is 2. The zero-order valence-corrected chi connectivity index (χ0v) is 21.2. The zero-order valence-electron chi connectivity index (χ0n) is 19.6. The molecule has 0 bridgehead atoms. The molecular weight excluding hydrogens is 470 g/mol. The summed E-state index contributed by atoms with van der Waals surface area (Å²) in [6.07, 6.45) is 5.00. The molecule has 2 aliphatic rings. The first-order valence-electron chi connectivity index (χ1n) is 12.2. The molecule has 0 saturated carbocycles. The quantitative estimate of drug-likeness (QED) is 0.586. The van der Waals surface area contributed by atoms with Gasteiger partial charge in [-0.15, -0.1) is 0 Å². The normalized spacial score (nSPS) is 18.6. The molecule has 2 aromatic rings. The Hall–Kier alpha value is -1.93. The Kier molecular flexibility index (Phi) is 8.64. The van der Waals surface area contributed by atoms with E-state index in [4.69, 9.17) is 11.6 Å². The van der Waals surface area contributed by atoms with Gasteiger partial charge < -0.3 is 5.32 Å². The van der Waals surface area contributed by atoms with Crippen LogP contribution in [-0.4, -0.2) is 49.7 Å². The highest BCUT2D eigenvalue weighted by Crippen LogP contribution is 2.23. The van der Waals surface area contributed by atoms with Gasteiger partial charge in [-0.25, -0.2) is 12.7 Å². The number of likely N-dealkylation sites (tertiary alicyclic amines) is 1. The van der Waals surface area contributed by atoms with Gasteiger partial charge in [0.1, 0.15) is 0 Å². The van der Waals surface area contributed by atoms with E-state index in [1.165, 1.54) is 42.2 Å². The summed E-state index contributed by atoms with van der Waals surface area (Å²) < 4.78 is 27.0. The maximum atomic E-state index is 12.8. The van der Waals surface area contributed by atoms with Gasteiger partial charge >= 0.3 is 0 Å². The van der Waals surface area contributed by atoms with Crippen LogP contribution in [0.15, 0.2) is 48.5 Å². The number of halogens is 1. The van der Waals surface area contributed by atoms with Gasteiger partial charge in [-0.3, -0.25) is 9.69 Å². The molecule has 2 fully saturated rings. The van der Waals surface area contributed by atoms with Crippen LogP contribution in [-0.2, 0) is 33.7 Å². The van der Waals surface area contributed by atoms with Crippen LogP contribution in [0.25, 0.3) is 0 Å². The Morgan fingerprint density at radius 2 is 1.44 bits per heavy atom. The van der Waals surface area contributed by atoms with Gasteiger partial charge in [0, 0.05) is 37.1 Å². The molecule has 0 radical (unpaired) electrons. The molecule has 1 amide bonds. The highest BCUT2D eigenvalue weighted by atomic mass is 35.5. The number of hydrogen-bond donors (Lipinski definition) is 1. The summed E-state index contributed by atoms with van der Waals surface area (Å²) in [4.78, 5) is 15.2. The van der Waals surface area contributed by atoms with E-state index in [0.717, 1.165) is 12.1 Å². The number of carbonyl (C=O) groups excluding carboxylic acids is 1. The van der Waals surface area contributed by atoms with Crippen molar-refractivity contribution in [2.24, 2.45) is 5.92 Å². The van der Waals surface area contributed by atoms with Gasteiger partial charge in [0.05, 0.1) is 5.75 Å². The van der Waals surface area contributed by atoms with Crippen LogP contribution in [0.5, 0.6) is 0 Å². The van der Waals surface area contributed by atoms with Crippen molar-refractivity contribution in [3.8, 4) is 0 Å². The van der Waals surface area contributed by atoms with E-state index in [-0.39, 0.29) is 17.6 Å². The Bertz CT molecular complexity index is 1040. The standard InChI is InChI=1S/C26H34ClN3O3S/c27-25-10-8-23(9-11-25)20-34(32,33)30-16-12-24(13-17-30)26(31)28-18-21-4-6-22(7-5-21)19-29-14-2-1-3-15-29/h4-11,24H,1-3,12-20H2,(H,28,31). The third kappa shape index (κ3) is 7.04. The first kappa shape index (κ1) is 25.2. The van der Waals surface area contributed by atoms with Crippen molar-refractivity contribution in [1.82, 2.24) is 14.5 Å². The van der Waals surface area contributed by atoms with Crippen molar-refractivity contribution >= 4 is 27.5 Å². The van der Waals surface area contributed by atoms with E-state index >= 15 is 0 Å². The van der Waals surface area contributed by atoms with Crippen molar-refractivity contribution in [3.05, 3.63) is 70.2 Å². The molecule has 0 aromatic heterocycles. The second-order valence-electron chi connectivity index (χ2n) is 9.43. The Labute approximate surface area is 208 Å². The number of benzene rings is 2. The second-order valence-corrected chi connectivity index (χ2v) is 11.8. The first-order valence-corrected chi connectivity index (χ1v) is 14.2. The van der Waals surface area contributed by atoms with Gasteiger partial charge in [0.2, 0.25) is 15.9 Å². The molecule has 184 valence electrons. The molecule has 2 aliphatic heterocycles. The lowest BCUT2D eigenvalue weighted by molar-refractivity contribution is -0.126. The van der Waals surface area contributed by atoms with Crippen molar-refractivity contribution in [2.75, 3.05) is 26.2 Å². The predicted octanol–water partition coefficient (Wildman–Crippen LogP) is 4.18. The van der Waals surface area contributed by atoms with Crippen LogP contribution in [0.2, 0.25) is 5.02 Å². The molecule has 0 unspecified atom stereocenters. The monoisotopic (exact) mass is 503 g/mol. The number of carbonyl (C=O) groups is 1.